The molecule has 4 nitrogen and oxygen atoms in total. The molecule has 0 spiro atoms. The van der Waals surface area contributed by atoms with Crippen molar-refractivity contribution >= 4 is 11.6 Å². The lowest BCUT2D eigenvalue weighted by atomic mass is 9.99. The Bertz CT molecular complexity index is 668. The van der Waals surface area contributed by atoms with Crippen LogP contribution in [0.3, 0.4) is 0 Å². The smallest absolute Gasteiger partial charge is 0.360 e. The zero-order chi connectivity index (χ0) is 17.7. The molecule has 0 bridgehead atoms. The molecule has 0 saturated carbocycles. The third-order valence-electron chi connectivity index (χ3n) is 3.99. The molecule has 0 aromatic heterocycles. The van der Waals surface area contributed by atoms with Crippen LogP contribution in [-0.4, -0.2) is 23.9 Å². The second-order valence-corrected chi connectivity index (χ2v) is 5.87. The third kappa shape index (κ3) is 4.51. The van der Waals surface area contributed by atoms with E-state index >= 15 is 0 Å². The number of hydrogen-bond donors (Lipinski definition) is 1. The number of carbonyl (C=O) groups excluding carboxylic acids is 1. The molecule has 0 atom stereocenters. The van der Waals surface area contributed by atoms with Crippen molar-refractivity contribution in [3.63, 3.8) is 0 Å². The number of rotatable bonds is 3. The molecule has 1 saturated heterocycles. The van der Waals surface area contributed by atoms with E-state index in [1.807, 2.05) is 6.07 Å². The quantitative estimate of drug-likeness (QED) is 0.674. The summed E-state index contributed by atoms with van der Waals surface area (Å²) < 4.78 is 38.0. The summed E-state index contributed by atoms with van der Waals surface area (Å²) >= 11 is 0. The van der Waals surface area contributed by atoms with Gasteiger partial charge in [0.1, 0.15) is 11.6 Å². The Morgan fingerprint density at radius 2 is 2.04 bits per heavy atom. The summed E-state index contributed by atoms with van der Waals surface area (Å²) in [6, 6.07) is 6.40. The maximum absolute atomic E-state index is 12.7. The van der Waals surface area contributed by atoms with Crippen molar-refractivity contribution < 1.29 is 18.0 Å². The van der Waals surface area contributed by atoms with E-state index in [4.69, 9.17) is 5.26 Å². The van der Waals surface area contributed by atoms with Crippen molar-refractivity contribution in [2.24, 2.45) is 5.92 Å². The highest BCUT2D eigenvalue weighted by molar-refractivity contribution is 5.97. The fraction of sp³-hybridized carbons (Fsp3) is 0.412. The van der Waals surface area contributed by atoms with Crippen molar-refractivity contribution in [3.8, 4) is 6.07 Å². The average molecular weight is 337 g/mol. The summed E-state index contributed by atoms with van der Waals surface area (Å²) in [4.78, 5) is 13.9. The van der Waals surface area contributed by atoms with Gasteiger partial charge in [-0.2, -0.15) is 18.4 Å². The van der Waals surface area contributed by atoms with Crippen LogP contribution < -0.4 is 5.32 Å². The van der Waals surface area contributed by atoms with Gasteiger partial charge in [-0.05, 0) is 37.0 Å². The van der Waals surface area contributed by atoms with Crippen LogP contribution >= 0.6 is 0 Å². The number of piperidine rings is 1. The van der Waals surface area contributed by atoms with Gasteiger partial charge in [0.25, 0.3) is 5.91 Å². The molecule has 1 aromatic carbocycles. The molecule has 7 heteroatoms. The molecule has 1 heterocycles. The van der Waals surface area contributed by atoms with E-state index in [9.17, 15) is 18.0 Å². The fourth-order valence-corrected chi connectivity index (χ4v) is 2.46. The van der Waals surface area contributed by atoms with Gasteiger partial charge < -0.3 is 10.2 Å². The van der Waals surface area contributed by atoms with Crippen LogP contribution in [0.2, 0.25) is 0 Å². The van der Waals surface area contributed by atoms with Gasteiger partial charge in [0.05, 0.1) is 5.56 Å². The first-order valence-electron chi connectivity index (χ1n) is 7.64. The Morgan fingerprint density at radius 1 is 1.38 bits per heavy atom. The molecule has 1 amide bonds. The standard InChI is InChI=1S/C17H18F3N3O/c1-12-5-7-23(8-6-12)16(24)13(10-21)11-22-15-4-2-3-14(9-15)17(18,19)20/h2-4,9,11-12,22H,5-8H2,1H3/b13-11-. The number of alkyl halides is 3. The number of benzene rings is 1. The van der Waals surface area contributed by atoms with Crippen LogP contribution in [0.5, 0.6) is 0 Å². The lowest BCUT2D eigenvalue weighted by molar-refractivity contribution is -0.137. The van der Waals surface area contributed by atoms with Crippen LogP contribution in [0.1, 0.15) is 25.3 Å². The SMILES string of the molecule is CC1CCN(C(=O)/C(C#N)=C\Nc2cccc(C(F)(F)F)c2)CC1. The first kappa shape index (κ1) is 17.9. The number of anilines is 1. The zero-order valence-corrected chi connectivity index (χ0v) is 13.2. The van der Waals surface area contributed by atoms with Crippen molar-refractivity contribution in [1.29, 1.82) is 5.26 Å². The van der Waals surface area contributed by atoms with Crippen molar-refractivity contribution in [2.45, 2.75) is 25.9 Å². The van der Waals surface area contributed by atoms with Gasteiger partial charge in [0.2, 0.25) is 0 Å². The van der Waals surface area contributed by atoms with Crippen LogP contribution in [0.15, 0.2) is 36.0 Å². The van der Waals surface area contributed by atoms with Crippen LogP contribution in [0.4, 0.5) is 18.9 Å². The molecular weight excluding hydrogens is 319 g/mol. The van der Waals surface area contributed by atoms with E-state index < -0.39 is 17.6 Å². The first-order chi connectivity index (χ1) is 11.3. The normalized spacial score (nSPS) is 16.6. The topological polar surface area (TPSA) is 56.1 Å². The van der Waals surface area contributed by atoms with Crippen LogP contribution in [0, 0.1) is 17.2 Å². The van der Waals surface area contributed by atoms with Crippen molar-refractivity contribution in [3.05, 3.63) is 41.6 Å². The van der Waals surface area contributed by atoms with Crippen molar-refractivity contribution in [1.82, 2.24) is 4.90 Å². The molecule has 24 heavy (non-hydrogen) atoms. The second-order valence-electron chi connectivity index (χ2n) is 5.87. The molecule has 0 unspecified atom stereocenters. The minimum Gasteiger partial charge on any atom is -0.360 e. The summed E-state index contributed by atoms with van der Waals surface area (Å²) in [7, 11) is 0. The van der Waals surface area contributed by atoms with Gasteiger partial charge >= 0.3 is 6.18 Å². The number of hydrogen-bond acceptors (Lipinski definition) is 3. The maximum Gasteiger partial charge on any atom is 0.416 e. The Labute approximate surface area is 138 Å². The minimum absolute atomic E-state index is 0.123. The Kier molecular flexibility index (Phi) is 5.50. The van der Waals surface area contributed by atoms with Gasteiger partial charge in [-0.15, -0.1) is 0 Å². The summed E-state index contributed by atoms with van der Waals surface area (Å²) in [6.07, 6.45) is -1.52. The lowest BCUT2D eigenvalue weighted by Crippen LogP contribution is -2.38. The highest BCUT2D eigenvalue weighted by atomic mass is 19.4. The van der Waals surface area contributed by atoms with Gasteiger partial charge in [0.15, 0.2) is 0 Å². The summed E-state index contributed by atoms with van der Waals surface area (Å²) in [5, 5.41) is 11.8. The van der Waals surface area contributed by atoms with E-state index in [-0.39, 0.29) is 11.3 Å². The van der Waals surface area contributed by atoms with Gasteiger partial charge in [-0.1, -0.05) is 13.0 Å². The van der Waals surface area contributed by atoms with Gasteiger partial charge in [0, 0.05) is 25.0 Å². The number of amides is 1. The van der Waals surface area contributed by atoms with Crippen LogP contribution in [0.25, 0.3) is 0 Å². The molecular formula is C17H18F3N3O. The van der Waals surface area contributed by atoms with E-state index in [2.05, 4.69) is 12.2 Å². The monoisotopic (exact) mass is 337 g/mol. The lowest BCUT2D eigenvalue weighted by Gasteiger charge is -2.30. The number of carbonyl (C=O) groups is 1. The molecule has 1 N–H and O–H groups in total. The number of nitriles is 1. The van der Waals surface area contributed by atoms with Crippen molar-refractivity contribution in [2.75, 3.05) is 18.4 Å². The minimum atomic E-state index is -4.44. The van der Waals surface area contributed by atoms with E-state index in [1.54, 1.807) is 4.90 Å². The Morgan fingerprint density at radius 3 is 2.62 bits per heavy atom. The largest absolute Gasteiger partial charge is 0.416 e. The molecule has 1 aromatic rings. The highest BCUT2D eigenvalue weighted by Crippen LogP contribution is 2.30. The summed E-state index contributed by atoms with van der Waals surface area (Å²) in [6.45, 7) is 3.28. The molecule has 128 valence electrons. The van der Waals surface area contributed by atoms with Crippen LogP contribution in [-0.2, 0) is 11.0 Å². The maximum atomic E-state index is 12.7. The first-order valence-corrected chi connectivity index (χ1v) is 7.64. The molecule has 1 aliphatic heterocycles. The number of likely N-dealkylation sites (tertiary alicyclic amines) is 1. The zero-order valence-electron chi connectivity index (χ0n) is 13.2. The Hall–Kier alpha value is -2.49. The summed E-state index contributed by atoms with van der Waals surface area (Å²) in [5.41, 5.74) is -0.754. The predicted molar refractivity (Wildman–Crippen MR) is 83.7 cm³/mol. The van der Waals surface area contributed by atoms with E-state index in [0.717, 1.165) is 31.2 Å². The van der Waals surface area contributed by atoms with E-state index in [0.29, 0.717) is 19.0 Å². The second kappa shape index (κ2) is 7.39. The molecule has 2 rings (SSSR count). The average Bonchev–Trinajstić information content (AvgIpc) is 2.55. The third-order valence-corrected chi connectivity index (χ3v) is 3.99. The van der Waals surface area contributed by atoms with E-state index in [1.165, 1.54) is 12.1 Å². The summed E-state index contributed by atoms with van der Waals surface area (Å²) in [5.74, 6) is 0.149. The highest BCUT2D eigenvalue weighted by Gasteiger charge is 2.30. The number of halogens is 3. The molecule has 1 aliphatic rings. The number of nitrogens with zero attached hydrogens (tertiary/aromatic N) is 2. The Balaban J connectivity index is 2.09. The fourth-order valence-electron chi connectivity index (χ4n) is 2.46. The molecule has 0 radical (unpaired) electrons. The van der Waals surface area contributed by atoms with Gasteiger partial charge in [-0.3, -0.25) is 4.79 Å². The van der Waals surface area contributed by atoms with Gasteiger partial charge in [-0.25, -0.2) is 0 Å². The molecule has 0 aliphatic carbocycles. The number of nitrogens with one attached hydrogen (secondary N) is 1. The molecule has 1 fully saturated rings. The predicted octanol–water partition coefficient (Wildman–Crippen LogP) is 3.78.